The van der Waals surface area contributed by atoms with Crippen molar-refractivity contribution in [3.05, 3.63) is 47.1 Å². The van der Waals surface area contributed by atoms with Crippen molar-refractivity contribution in [1.82, 2.24) is 25.3 Å². The number of amides is 1. The minimum atomic E-state index is 0.155. The number of rotatable bonds is 4. The molecular weight excluding hydrogens is 330 g/mol. The first-order valence-electron chi connectivity index (χ1n) is 9.31. The van der Waals surface area contributed by atoms with Crippen molar-refractivity contribution in [1.29, 1.82) is 0 Å². The molecule has 4 rings (SSSR count). The van der Waals surface area contributed by atoms with Crippen LogP contribution in [0.4, 0.5) is 0 Å². The molecule has 138 valence electrons. The van der Waals surface area contributed by atoms with Gasteiger partial charge in [-0.15, -0.1) is 0 Å². The fraction of sp³-hybridized carbons (Fsp3) is 0.526. The molecular formula is C19H25N5O2. The summed E-state index contributed by atoms with van der Waals surface area (Å²) in [5.74, 6) is 1.90. The van der Waals surface area contributed by atoms with E-state index in [1.54, 1.807) is 6.92 Å². The molecule has 3 heterocycles. The van der Waals surface area contributed by atoms with E-state index < -0.39 is 0 Å². The van der Waals surface area contributed by atoms with E-state index in [0.717, 1.165) is 51.3 Å². The molecule has 0 aliphatic carbocycles. The summed E-state index contributed by atoms with van der Waals surface area (Å²) < 4.78 is 5.03. The number of carbonyl (C=O) groups is 1. The van der Waals surface area contributed by atoms with Gasteiger partial charge >= 0.3 is 0 Å². The van der Waals surface area contributed by atoms with Gasteiger partial charge in [-0.05, 0) is 30.5 Å². The first kappa shape index (κ1) is 17.2. The maximum atomic E-state index is 13.1. The summed E-state index contributed by atoms with van der Waals surface area (Å²) in [6.45, 7) is 7.57. The van der Waals surface area contributed by atoms with Crippen molar-refractivity contribution in [3.8, 4) is 0 Å². The molecule has 1 N–H and O–H groups in total. The lowest BCUT2D eigenvalue weighted by Gasteiger charge is -2.34. The number of benzene rings is 1. The van der Waals surface area contributed by atoms with Gasteiger partial charge in [0.2, 0.25) is 5.89 Å². The zero-order valence-corrected chi connectivity index (χ0v) is 15.1. The van der Waals surface area contributed by atoms with Crippen LogP contribution >= 0.6 is 0 Å². The molecule has 7 heteroatoms. The lowest BCUT2D eigenvalue weighted by molar-refractivity contribution is 0.0623. The summed E-state index contributed by atoms with van der Waals surface area (Å²) in [5, 5.41) is 7.35. The van der Waals surface area contributed by atoms with E-state index in [-0.39, 0.29) is 5.91 Å². The van der Waals surface area contributed by atoms with Crippen LogP contribution in [0.3, 0.4) is 0 Å². The highest BCUT2D eigenvalue weighted by molar-refractivity contribution is 5.96. The van der Waals surface area contributed by atoms with Gasteiger partial charge in [-0.3, -0.25) is 9.69 Å². The highest BCUT2D eigenvalue weighted by atomic mass is 16.5. The molecule has 1 aromatic carbocycles. The fourth-order valence-corrected chi connectivity index (χ4v) is 3.85. The van der Waals surface area contributed by atoms with Crippen LogP contribution in [-0.2, 0) is 6.54 Å². The Kier molecular flexibility index (Phi) is 4.99. The average molecular weight is 355 g/mol. The Morgan fingerprint density at radius 3 is 2.77 bits per heavy atom. The Balaban J connectivity index is 1.39. The molecule has 0 spiro atoms. The summed E-state index contributed by atoms with van der Waals surface area (Å²) in [6, 6.07) is 8.09. The Hall–Kier alpha value is -2.25. The monoisotopic (exact) mass is 355 g/mol. The van der Waals surface area contributed by atoms with Crippen LogP contribution < -0.4 is 5.32 Å². The third-order valence-electron chi connectivity index (χ3n) is 5.29. The van der Waals surface area contributed by atoms with Crippen molar-refractivity contribution in [2.45, 2.75) is 25.8 Å². The van der Waals surface area contributed by atoms with Gasteiger partial charge in [-0.25, -0.2) is 0 Å². The first-order chi connectivity index (χ1) is 12.7. The normalized spacial score (nSPS) is 21.3. The maximum Gasteiger partial charge on any atom is 0.254 e. The molecule has 1 aromatic heterocycles. The van der Waals surface area contributed by atoms with Crippen LogP contribution in [0.5, 0.6) is 0 Å². The van der Waals surface area contributed by atoms with Gasteiger partial charge in [0.25, 0.3) is 5.91 Å². The van der Waals surface area contributed by atoms with Crippen molar-refractivity contribution in [3.63, 3.8) is 0 Å². The number of aryl methyl sites for hydroxylation is 1. The number of nitrogens with zero attached hydrogens (tertiary/aromatic N) is 4. The second-order valence-corrected chi connectivity index (χ2v) is 7.07. The molecule has 2 fully saturated rings. The lowest BCUT2D eigenvalue weighted by Crippen LogP contribution is -2.48. The van der Waals surface area contributed by atoms with E-state index in [1.165, 1.54) is 5.56 Å². The second kappa shape index (κ2) is 7.55. The minimum Gasteiger partial charge on any atom is -0.340 e. The Labute approximate surface area is 153 Å². The van der Waals surface area contributed by atoms with Crippen LogP contribution in [-0.4, -0.2) is 65.1 Å². The SMILES string of the molecule is Cc1nc(CN2CCN(C(=O)c3ccccc3[C@H]3CCNC3)CC2)no1. The summed E-state index contributed by atoms with van der Waals surface area (Å²) in [6.07, 6.45) is 1.10. The molecule has 7 nitrogen and oxygen atoms in total. The fourth-order valence-electron chi connectivity index (χ4n) is 3.85. The van der Waals surface area contributed by atoms with Crippen LogP contribution in [0.2, 0.25) is 0 Å². The van der Waals surface area contributed by atoms with E-state index in [1.807, 2.05) is 23.1 Å². The number of nitrogens with one attached hydrogen (secondary N) is 1. The standard InChI is InChI=1S/C19H25N5O2/c1-14-21-18(22-26-14)13-23-8-10-24(11-9-23)19(25)17-5-3-2-4-16(17)15-6-7-20-12-15/h2-5,15,20H,6-13H2,1H3/t15-/m0/s1. The van der Waals surface area contributed by atoms with Gasteiger partial charge in [-0.2, -0.15) is 4.98 Å². The van der Waals surface area contributed by atoms with Crippen LogP contribution in [0, 0.1) is 6.92 Å². The van der Waals surface area contributed by atoms with Gasteiger partial charge in [0.05, 0.1) is 6.54 Å². The summed E-state index contributed by atoms with van der Waals surface area (Å²) in [5.41, 5.74) is 2.05. The second-order valence-electron chi connectivity index (χ2n) is 7.07. The third-order valence-corrected chi connectivity index (χ3v) is 5.29. The number of carbonyl (C=O) groups excluding carboxylic acids is 1. The summed E-state index contributed by atoms with van der Waals surface area (Å²) >= 11 is 0. The molecule has 2 aromatic rings. The van der Waals surface area contributed by atoms with Gasteiger partial charge in [0.1, 0.15) is 0 Å². The lowest BCUT2D eigenvalue weighted by atomic mass is 9.93. The van der Waals surface area contributed by atoms with E-state index >= 15 is 0 Å². The Bertz CT molecular complexity index is 761. The van der Waals surface area contributed by atoms with Gasteiger partial charge in [0.15, 0.2) is 5.82 Å². The quantitative estimate of drug-likeness (QED) is 0.894. The molecule has 0 unspecified atom stereocenters. The van der Waals surface area contributed by atoms with E-state index in [9.17, 15) is 4.79 Å². The maximum absolute atomic E-state index is 13.1. The Morgan fingerprint density at radius 1 is 1.27 bits per heavy atom. The van der Waals surface area contributed by atoms with Crippen LogP contribution in [0.25, 0.3) is 0 Å². The minimum absolute atomic E-state index is 0.155. The van der Waals surface area contributed by atoms with E-state index in [4.69, 9.17) is 4.52 Å². The molecule has 2 aliphatic heterocycles. The van der Waals surface area contributed by atoms with E-state index in [0.29, 0.717) is 24.2 Å². The molecule has 0 bridgehead atoms. The number of hydrogen-bond acceptors (Lipinski definition) is 6. The summed E-state index contributed by atoms with van der Waals surface area (Å²) in [4.78, 5) is 21.6. The van der Waals surface area contributed by atoms with Gasteiger partial charge in [0, 0.05) is 45.2 Å². The average Bonchev–Trinajstić information content (AvgIpc) is 3.34. The number of piperazine rings is 1. The third kappa shape index (κ3) is 3.64. The number of aromatic nitrogens is 2. The number of hydrogen-bond donors (Lipinski definition) is 1. The molecule has 1 atom stereocenters. The zero-order chi connectivity index (χ0) is 17.9. The van der Waals surface area contributed by atoms with Crippen molar-refractivity contribution < 1.29 is 9.32 Å². The predicted molar refractivity (Wildman–Crippen MR) is 96.9 cm³/mol. The topological polar surface area (TPSA) is 74.5 Å². The highest BCUT2D eigenvalue weighted by Gasteiger charge is 2.27. The highest BCUT2D eigenvalue weighted by Crippen LogP contribution is 2.26. The zero-order valence-electron chi connectivity index (χ0n) is 15.1. The van der Waals surface area contributed by atoms with Crippen LogP contribution in [0.15, 0.2) is 28.8 Å². The van der Waals surface area contributed by atoms with Gasteiger partial charge in [-0.1, -0.05) is 23.4 Å². The van der Waals surface area contributed by atoms with Crippen LogP contribution in [0.1, 0.15) is 40.0 Å². The molecule has 2 aliphatic rings. The molecule has 0 saturated carbocycles. The van der Waals surface area contributed by atoms with Crippen molar-refractivity contribution in [2.75, 3.05) is 39.3 Å². The Morgan fingerprint density at radius 2 is 2.08 bits per heavy atom. The molecule has 1 amide bonds. The molecule has 26 heavy (non-hydrogen) atoms. The predicted octanol–water partition coefficient (Wildman–Crippen LogP) is 1.41. The first-order valence-corrected chi connectivity index (χ1v) is 9.31. The van der Waals surface area contributed by atoms with E-state index in [2.05, 4.69) is 26.4 Å². The van der Waals surface area contributed by atoms with Crippen molar-refractivity contribution in [2.24, 2.45) is 0 Å². The summed E-state index contributed by atoms with van der Waals surface area (Å²) in [7, 11) is 0. The molecule has 2 saturated heterocycles. The van der Waals surface area contributed by atoms with Crippen molar-refractivity contribution >= 4 is 5.91 Å². The van der Waals surface area contributed by atoms with Gasteiger partial charge < -0.3 is 14.7 Å². The smallest absolute Gasteiger partial charge is 0.254 e. The molecule has 0 radical (unpaired) electrons. The largest absolute Gasteiger partial charge is 0.340 e.